The van der Waals surface area contributed by atoms with Crippen LogP contribution in [0, 0.1) is 0 Å². The Morgan fingerprint density at radius 2 is 1.96 bits per heavy atom. The van der Waals surface area contributed by atoms with E-state index in [2.05, 4.69) is 22.2 Å². The summed E-state index contributed by atoms with van der Waals surface area (Å²) < 4.78 is 5.61. The van der Waals surface area contributed by atoms with E-state index in [0.29, 0.717) is 25.7 Å². The quantitative estimate of drug-likeness (QED) is 0.328. The highest BCUT2D eigenvalue weighted by molar-refractivity contribution is 5.84. The van der Waals surface area contributed by atoms with Crippen molar-refractivity contribution in [3.05, 3.63) is 42.5 Å². The van der Waals surface area contributed by atoms with Crippen molar-refractivity contribution < 1.29 is 9.53 Å². The zero-order chi connectivity index (χ0) is 17.1. The summed E-state index contributed by atoms with van der Waals surface area (Å²) in [5.74, 6) is 1.34. The van der Waals surface area contributed by atoms with Gasteiger partial charge in [-0.1, -0.05) is 30.4 Å². The third-order valence-electron chi connectivity index (χ3n) is 2.84. The van der Waals surface area contributed by atoms with Gasteiger partial charge in [-0.25, -0.2) is 4.99 Å². The van der Waals surface area contributed by atoms with Gasteiger partial charge in [0.15, 0.2) is 5.96 Å². The Morgan fingerprint density at radius 3 is 2.57 bits per heavy atom. The second-order valence-corrected chi connectivity index (χ2v) is 5.35. The first-order valence-corrected chi connectivity index (χ1v) is 7.53. The Hall–Kier alpha value is -2.50. The monoisotopic (exact) mass is 318 g/mol. The van der Waals surface area contributed by atoms with Crippen molar-refractivity contribution in [3.8, 4) is 5.75 Å². The minimum Gasteiger partial charge on any atom is -0.492 e. The molecule has 1 amide bonds. The average molecular weight is 318 g/mol. The molecule has 0 fully saturated rings. The van der Waals surface area contributed by atoms with Crippen LogP contribution in [0.4, 0.5) is 0 Å². The fourth-order valence-electron chi connectivity index (χ4n) is 1.55. The lowest BCUT2D eigenvalue weighted by Gasteiger charge is -2.14. The van der Waals surface area contributed by atoms with E-state index in [1.165, 1.54) is 4.90 Å². The molecule has 0 aromatic heterocycles. The lowest BCUT2D eigenvalue weighted by atomic mass is 10.3. The number of amides is 1. The maximum absolute atomic E-state index is 11.6. The molecule has 0 radical (unpaired) electrons. The van der Waals surface area contributed by atoms with Crippen LogP contribution < -0.4 is 15.4 Å². The molecule has 0 aliphatic carbocycles. The summed E-state index contributed by atoms with van der Waals surface area (Å²) in [5.41, 5.74) is 0.985. The van der Waals surface area contributed by atoms with Crippen molar-refractivity contribution in [3.63, 3.8) is 0 Å². The van der Waals surface area contributed by atoms with Crippen LogP contribution >= 0.6 is 0 Å². The second-order valence-electron chi connectivity index (χ2n) is 5.35. The van der Waals surface area contributed by atoms with Crippen LogP contribution in [0.2, 0.25) is 0 Å². The van der Waals surface area contributed by atoms with Crippen molar-refractivity contribution in [2.75, 3.05) is 40.3 Å². The van der Waals surface area contributed by atoms with Gasteiger partial charge in [0.05, 0.1) is 6.54 Å². The highest BCUT2D eigenvalue weighted by Crippen LogP contribution is 2.07. The topological polar surface area (TPSA) is 66.0 Å². The number of likely N-dealkylation sites (N-methyl/N-ethyl adjacent to an activating group) is 1. The van der Waals surface area contributed by atoms with Crippen molar-refractivity contribution >= 4 is 11.9 Å². The number of rotatable bonds is 8. The molecule has 0 saturated carbocycles. The van der Waals surface area contributed by atoms with Crippen LogP contribution in [-0.2, 0) is 4.79 Å². The zero-order valence-corrected chi connectivity index (χ0v) is 14.1. The smallest absolute Gasteiger partial charge is 0.243 e. The van der Waals surface area contributed by atoms with Gasteiger partial charge in [-0.05, 0) is 19.1 Å². The molecule has 0 bridgehead atoms. The van der Waals surface area contributed by atoms with Crippen molar-refractivity contribution in [1.29, 1.82) is 0 Å². The predicted molar refractivity (Wildman–Crippen MR) is 93.8 cm³/mol. The van der Waals surface area contributed by atoms with Gasteiger partial charge in [0.1, 0.15) is 18.9 Å². The van der Waals surface area contributed by atoms with E-state index < -0.39 is 0 Å². The Balaban J connectivity index is 2.43. The Bertz CT molecular complexity index is 527. The summed E-state index contributed by atoms with van der Waals surface area (Å²) in [5, 5.41) is 6.27. The molecule has 0 unspecified atom stereocenters. The third kappa shape index (κ3) is 8.50. The summed E-state index contributed by atoms with van der Waals surface area (Å²) in [6.45, 7) is 7.54. The van der Waals surface area contributed by atoms with E-state index in [1.807, 2.05) is 37.3 Å². The van der Waals surface area contributed by atoms with E-state index in [4.69, 9.17) is 4.74 Å². The molecule has 1 aromatic rings. The number of aliphatic imine (C=N–C) groups is 1. The molecule has 0 aliphatic heterocycles. The van der Waals surface area contributed by atoms with Gasteiger partial charge in [0.2, 0.25) is 5.91 Å². The second kappa shape index (κ2) is 10.3. The lowest BCUT2D eigenvalue weighted by molar-refractivity contribution is -0.127. The van der Waals surface area contributed by atoms with Crippen LogP contribution in [0.1, 0.15) is 6.92 Å². The normalized spacial score (nSPS) is 10.8. The third-order valence-corrected chi connectivity index (χ3v) is 2.84. The first-order valence-electron chi connectivity index (χ1n) is 7.53. The van der Waals surface area contributed by atoms with Gasteiger partial charge in [-0.15, -0.1) is 0 Å². The molecule has 6 nitrogen and oxygen atoms in total. The summed E-state index contributed by atoms with van der Waals surface area (Å²) in [6, 6.07) is 9.61. The first-order chi connectivity index (χ1) is 11.0. The molecule has 0 spiro atoms. The van der Waals surface area contributed by atoms with Gasteiger partial charge in [-0.2, -0.15) is 0 Å². The number of nitrogens with zero attached hydrogens (tertiary/aromatic N) is 2. The van der Waals surface area contributed by atoms with Gasteiger partial charge < -0.3 is 20.3 Å². The molecule has 6 heteroatoms. The van der Waals surface area contributed by atoms with Crippen LogP contribution in [0.15, 0.2) is 47.5 Å². The number of nitrogens with one attached hydrogen (secondary N) is 2. The molecular formula is C17H26N4O2. The first kappa shape index (κ1) is 18.5. The lowest BCUT2D eigenvalue weighted by Crippen LogP contribution is -2.41. The van der Waals surface area contributed by atoms with Crippen molar-refractivity contribution in [1.82, 2.24) is 15.5 Å². The highest BCUT2D eigenvalue weighted by Gasteiger charge is 2.04. The maximum atomic E-state index is 11.6. The number of hydrogen-bond acceptors (Lipinski definition) is 3. The van der Waals surface area contributed by atoms with E-state index in [1.54, 1.807) is 14.1 Å². The van der Waals surface area contributed by atoms with E-state index >= 15 is 0 Å². The number of guanidine groups is 1. The largest absolute Gasteiger partial charge is 0.492 e. The average Bonchev–Trinajstić information content (AvgIpc) is 2.53. The molecule has 0 aliphatic rings. The Kier molecular flexibility index (Phi) is 8.28. The SMILES string of the molecule is C=C(C)CNC(=NCC(=O)N(C)C)NCCOc1ccccc1. The molecule has 0 atom stereocenters. The minimum absolute atomic E-state index is 0.0537. The number of ether oxygens (including phenoxy) is 1. The van der Waals surface area contributed by atoms with Gasteiger partial charge in [-0.3, -0.25) is 4.79 Å². The minimum atomic E-state index is -0.0537. The summed E-state index contributed by atoms with van der Waals surface area (Å²) in [6.07, 6.45) is 0. The number of benzene rings is 1. The number of carbonyl (C=O) groups is 1. The summed E-state index contributed by atoms with van der Waals surface area (Å²) >= 11 is 0. The molecular weight excluding hydrogens is 292 g/mol. The van der Waals surface area contributed by atoms with Crippen LogP contribution in [-0.4, -0.2) is 57.1 Å². The summed E-state index contributed by atoms with van der Waals surface area (Å²) in [4.78, 5) is 17.4. The van der Waals surface area contributed by atoms with Gasteiger partial charge in [0, 0.05) is 20.6 Å². The standard InChI is InChI=1S/C17H26N4O2/c1-14(2)12-19-17(20-13-16(22)21(3)4)18-10-11-23-15-8-6-5-7-9-15/h5-9H,1,10-13H2,2-4H3,(H2,18,19,20). The van der Waals surface area contributed by atoms with E-state index in [9.17, 15) is 4.79 Å². The molecule has 0 heterocycles. The number of para-hydroxylation sites is 1. The molecule has 0 saturated heterocycles. The van der Waals surface area contributed by atoms with Crippen LogP contribution in [0.3, 0.4) is 0 Å². The van der Waals surface area contributed by atoms with Crippen LogP contribution in [0.25, 0.3) is 0 Å². The molecule has 1 rings (SSSR count). The molecule has 23 heavy (non-hydrogen) atoms. The Morgan fingerprint density at radius 1 is 1.26 bits per heavy atom. The van der Waals surface area contributed by atoms with Crippen molar-refractivity contribution in [2.24, 2.45) is 4.99 Å². The zero-order valence-electron chi connectivity index (χ0n) is 14.1. The molecule has 2 N–H and O–H groups in total. The van der Waals surface area contributed by atoms with Gasteiger partial charge >= 0.3 is 0 Å². The fourth-order valence-corrected chi connectivity index (χ4v) is 1.55. The van der Waals surface area contributed by atoms with E-state index in [-0.39, 0.29) is 12.5 Å². The maximum Gasteiger partial charge on any atom is 0.243 e. The molecule has 1 aromatic carbocycles. The number of hydrogen-bond donors (Lipinski definition) is 2. The van der Waals surface area contributed by atoms with Crippen molar-refractivity contribution in [2.45, 2.75) is 6.92 Å². The fraction of sp³-hybridized carbons (Fsp3) is 0.412. The predicted octanol–water partition coefficient (Wildman–Crippen LogP) is 1.26. The molecule has 126 valence electrons. The highest BCUT2D eigenvalue weighted by atomic mass is 16.5. The van der Waals surface area contributed by atoms with Gasteiger partial charge in [0.25, 0.3) is 0 Å². The Labute approximate surface area is 138 Å². The summed E-state index contributed by atoms with van der Waals surface area (Å²) in [7, 11) is 3.42. The number of carbonyl (C=O) groups excluding carboxylic acids is 1. The van der Waals surface area contributed by atoms with E-state index in [0.717, 1.165) is 11.3 Å². The van der Waals surface area contributed by atoms with Crippen LogP contribution in [0.5, 0.6) is 5.75 Å².